The van der Waals surface area contributed by atoms with Gasteiger partial charge in [0.05, 0.1) is 37.9 Å². The quantitative estimate of drug-likeness (QED) is 0.0244. The Morgan fingerprint density at radius 1 is 0.708 bits per heavy atom. The highest BCUT2D eigenvalue weighted by molar-refractivity contribution is 7.47. The van der Waals surface area contributed by atoms with Gasteiger partial charge in [-0.1, -0.05) is 174 Å². The Kier molecular flexibility index (Phi) is 34.1. The molecule has 10 heteroatoms. The predicted molar refractivity (Wildman–Crippen MR) is 200 cm³/mol. The number of phosphoric ester groups is 1. The van der Waals surface area contributed by atoms with Crippen molar-refractivity contribution in [3.05, 3.63) is 12.2 Å². The van der Waals surface area contributed by atoms with Gasteiger partial charge in [0, 0.05) is 6.54 Å². The van der Waals surface area contributed by atoms with Crippen LogP contribution in [-0.4, -0.2) is 59.0 Å². The zero-order chi connectivity index (χ0) is 35.6. The molecule has 0 radical (unpaired) electrons. The third kappa shape index (κ3) is 32.4. The summed E-state index contributed by atoms with van der Waals surface area (Å²) in [7, 11) is -4.39. The van der Waals surface area contributed by atoms with Crippen molar-refractivity contribution in [3.8, 4) is 0 Å². The molecular weight excluding hydrogens is 627 g/mol. The molecule has 4 atom stereocenters. The molecule has 0 aliphatic rings. The molecule has 0 rings (SSSR count). The van der Waals surface area contributed by atoms with E-state index in [9.17, 15) is 24.5 Å². The summed E-state index contributed by atoms with van der Waals surface area (Å²) in [6, 6.07) is -0.975. The minimum atomic E-state index is -4.39. The van der Waals surface area contributed by atoms with Crippen molar-refractivity contribution in [1.82, 2.24) is 5.32 Å². The first-order valence-corrected chi connectivity index (χ1v) is 21.4. The van der Waals surface area contributed by atoms with Crippen molar-refractivity contribution in [2.45, 2.75) is 205 Å². The summed E-state index contributed by atoms with van der Waals surface area (Å²) in [4.78, 5) is 22.6. The van der Waals surface area contributed by atoms with Crippen LogP contribution in [0.5, 0.6) is 0 Å². The van der Waals surface area contributed by atoms with Gasteiger partial charge < -0.3 is 26.2 Å². The van der Waals surface area contributed by atoms with Gasteiger partial charge in [-0.05, 0) is 19.3 Å². The van der Waals surface area contributed by atoms with Gasteiger partial charge >= 0.3 is 7.82 Å². The van der Waals surface area contributed by atoms with Crippen LogP contribution in [0.4, 0.5) is 0 Å². The smallest absolute Gasteiger partial charge is 0.393 e. The Hall–Kier alpha value is -0.800. The lowest BCUT2D eigenvalue weighted by molar-refractivity contribution is -0.124. The monoisotopic (exact) mass is 705 g/mol. The van der Waals surface area contributed by atoms with Crippen LogP contribution in [0.15, 0.2) is 12.2 Å². The molecule has 0 saturated heterocycles. The molecule has 9 nitrogen and oxygen atoms in total. The Morgan fingerprint density at radius 2 is 1.15 bits per heavy atom. The molecule has 0 aromatic heterocycles. The Morgan fingerprint density at radius 3 is 1.60 bits per heavy atom. The maximum absolute atomic E-state index is 12.7. The molecule has 1 amide bonds. The van der Waals surface area contributed by atoms with E-state index in [-0.39, 0.29) is 19.6 Å². The van der Waals surface area contributed by atoms with Crippen LogP contribution in [0.1, 0.15) is 187 Å². The number of phosphoric acid groups is 1. The summed E-state index contributed by atoms with van der Waals surface area (Å²) < 4.78 is 22.0. The van der Waals surface area contributed by atoms with Crippen molar-refractivity contribution in [3.63, 3.8) is 0 Å². The van der Waals surface area contributed by atoms with Crippen LogP contribution in [-0.2, 0) is 18.4 Å². The molecule has 286 valence electrons. The highest BCUT2D eigenvalue weighted by Gasteiger charge is 2.27. The summed E-state index contributed by atoms with van der Waals surface area (Å²) in [5, 5.41) is 23.9. The molecule has 0 spiro atoms. The number of aliphatic hydroxyl groups is 2. The van der Waals surface area contributed by atoms with E-state index in [0.29, 0.717) is 6.42 Å². The lowest BCUT2D eigenvalue weighted by Gasteiger charge is -2.24. The number of unbranched alkanes of at least 4 members (excludes halogenated alkanes) is 23. The number of carbonyl (C=O) groups excluding carboxylic acids is 1. The van der Waals surface area contributed by atoms with Crippen molar-refractivity contribution in [2.24, 2.45) is 5.73 Å². The van der Waals surface area contributed by atoms with Crippen LogP contribution in [0.2, 0.25) is 0 Å². The number of nitrogens with two attached hydrogens (primary N) is 1. The summed E-state index contributed by atoms with van der Waals surface area (Å²) in [6.45, 7) is 3.95. The van der Waals surface area contributed by atoms with Gasteiger partial charge in [0.15, 0.2) is 0 Å². The first-order chi connectivity index (χ1) is 23.3. The molecule has 4 unspecified atom stereocenters. The Labute approximate surface area is 295 Å². The number of allylic oxidation sites excluding steroid dienone is 1. The highest BCUT2D eigenvalue weighted by Crippen LogP contribution is 2.43. The number of amides is 1. The third-order valence-corrected chi connectivity index (χ3v) is 9.90. The minimum absolute atomic E-state index is 0.0511. The molecule has 0 heterocycles. The van der Waals surface area contributed by atoms with Gasteiger partial charge in [-0.15, -0.1) is 0 Å². The predicted octanol–water partition coefficient (Wildman–Crippen LogP) is 9.41. The summed E-state index contributed by atoms with van der Waals surface area (Å²) in [6.07, 6.45) is 33.0. The van der Waals surface area contributed by atoms with Crippen LogP contribution in [0, 0.1) is 0 Å². The number of hydrogen-bond acceptors (Lipinski definition) is 7. The van der Waals surface area contributed by atoms with E-state index in [1.807, 2.05) is 6.08 Å². The fourth-order valence-electron chi connectivity index (χ4n) is 5.88. The van der Waals surface area contributed by atoms with Gasteiger partial charge in [-0.3, -0.25) is 13.8 Å². The van der Waals surface area contributed by atoms with E-state index in [1.54, 1.807) is 6.08 Å². The Bertz CT molecular complexity index is 786. The molecule has 6 N–H and O–H groups in total. The van der Waals surface area contributed by atoms with Gasteiger partial charge in [-0.2, -0.15) is 0 Å². The summed E-state index contributed by atoms with van der Waals surface area (Å²) in [5.41, 5.74) is 5.34. The zero-order valence-corrected chi connectivity index (χ0v) is 32.0. The lowest BCUT2D eigenvalue weighted by atomic mass is 10.0. The maximum atomic E-state index is 12.7. The van der Waals surface area contributed by atoms with Crippen LogP contribution in [0.25, 0.3) is 0 Å². The molecule has 0 aromatic carbocycles. The fraction of sp³-hybridized carbons (Fsp3) is 0.921. The maximum Gasteiger partial charge on any atom is 0.472 e. The SMILES string of the molecule is CCCCCCCCCC/C=C/C(O)C(COP(=O)(O)OCCN)NC(=O)CC(O)CCCCCCCCCCCCCCCCCC. The largest absolute Gasteiger partial charge is 0.472 e. The van der Waals surface area contributed by atoms with Crippen molar-refractivity contribution in [2.75, 3.05) is 19.8 Å². The van der Waals surface area contributed by atoms with E-state index in [4.69, 9.17) is 14.8 Å². The summed E-state index contributed by atoms with van der Waals surface area (Å²) >= 11 is 0. The molecule has 48 heavy (non-hydrogen) atoms. The van der Waals surface area contributed by atoms with Crippen molar-refractivity contribution >= 4 is 13.7 Å². The molecular formula is C38H77N2O7P. The van der Waals surface area contributed by atoms with Gasteiger partial charge in [0.1, 0.15) is 0 Å². The average molecular weight is 705 g/mol. The minimum Gasteiger partial charge on any atom is -0.393 e. The molecule has 0 aliphatic heterocycles. The Balaban J connectivity index is 4.30. The first kappa shape index (κ1) is 47.2. The van der Waals surface area contributed by atoms with Crippen LogP contribution in [0.3, 0.4) is 0 Å². The zero-order valence-electron chi connectivity index (χ0n) is 31.1. The van der Waals surface area contributed by atoms with Gasteiger partial charge in [-0.25, -0.2) is 4.57 Å². The molecule has 0 aromatic rings. The highest BCUT2D eigenvalue weighted by atomic mass is 31.2. The topological polar surface area (TPSA) is 151 Å². The van der Waals surface area contributed by atoms with E-state index < -0.39 is 38.6 Å². The third-order valence-electron chi connectivity index (χ3n) is 8.92. The standard InChI is InChI=1S/C38H77N2O7P/c1-3-5-7-9-11-13-15-16-17-18-19-20-21-23-25-27-29-35(41)33-38(43)40-36(34-47-48(44,45)46-32-31-39)37(42)30-28-26-24-22-14-12-10-8-6-4-2/h28,30,35-37,41-42H,3-27,29,31-34,39H2,1-2H3,(H,40,43)(H,44,45)/b30-28+. The number of rotatable bonds is 37. The lowest BCUT2D eigenvalue weighted by Crippen LogP contribution is -2.46. The van der Waals surface area contributed by atoms with Crippen LogP contribution >= 0.6 is 7.82 Å². The average Bonchev–Trinajstić information content (AvgIpc) is 3.06. The summed E-state index contributed by atoms with van der Waals surface area (Å²) in [5.74, 6) is -0.446. The van der Waals surface area contributed by atoms with Crippen molar-refractivity contribution in [1.29, 1.82) is 0 Å². The van der Waals surface area contributed by atoms with Crippen LogP contribution < -0.4 is 11.1 Å². The van der Waals surface area contributed by atoms with Gasteiger partial charge in [0.2, 0.25) is 5.91 Å². The molecule has 0 bridgehead atoms. The molecule has 0 aliphatic carbocycles. The van der Waals surface area contributed by atoms with E-state index in [2.05, 4.69) is 19.2 Å². The van der Waals surface area contributed by atoms with E-state index in [1.165, 1.54) is 122 Å². The fourth-order valence-corrected chi connectivity index (χ4v) is 6.64. The van der Waals surface area contributed by atoms with E-state index >= 15 is 0 Å². The second-order valence-electron chi connectivity index (χ2n) is 13.7. The van der Waals surface area contributed by atoms with Crippen molar-refractivity contribution < 1.29 is 33.5 Å². The number of hydrogen-bond donors (Lipinski definition) is 5. The second-order valence-corrected chi connectivity index (χ2v) is 15.1. The first-order valence-electron chi connectivity index (χ1n) is 19.9. The number of aliphatic hydroxyl groups excluding tert-OH is 2. The second kappa shape index (κ2) is 34.6. The van der Waals surface area contributed by atoms with Gasteiger partial charge in [0.25, 0.3) is 0 Å². The molecule has 0 saturated carbocycles. The number of nitrogens with one attached hydrogen (secondary N) is 1. The molecule has 0 fully saturated rings. The normalized spacial score (nSPS) is 15.0. The van der Waals surface area contributed by atoms with E-state index in [0.717, 1.165) is 38.5 Å². The number of carbonyl (C=O) groups is 1.